The van der Waals surface area contributed by atoms with Gasteiger partial charge >= 0.3 is 0 Å². The van der Waals surface area contributed by atoms with E-state index in [4.69, 9.17) is 0 Å². The average molecular weight is 857 g/mol. The minimum Gasteiger partial charge on any atom is -0.0622 e. The molecular formula is C68H40. The Morgan fingerprint density at radius 1 is 0.162 bits per heavy atom. The van der Waals surface area contributed by atoms with Gasteiger partial charge in [-0.25, -0.2) is 0 Å². The molecule has 0 nitrogen and oxygen atoms in total. The minimum absolute atomic E-state index is 1.20. The van der Waals surface area contributed by atoms with Gasteiger partial charge in [0.1, 0.15) is 0 Å². The normalized spacial score (nSPS) is 12.1. The molecule has 0 amide bonds. The predicted octanol–water partition coefficient (Wildman–Crippen LogP) is 19.3. The van der Waals surface area contributed by atoms with E-state index in [0.29, 0.717) is 0 Å². The number of benzene rings is 15. The van der Waals surface area contributed by atoms with Crippen molar-refractivity contribution in [2.45, 2.75) is 0 Å². The molecule has 0 bridgehead atoms. The summed E-state index contributed by atoms with van der Waals surface area (Å²) in [4.78, 5) is 0. The smallest absolute Gasteiger partial charge is 0.00199 e. The van der Waals surface area contributed by atoms with Crippen LogP contribution in [0.1, 0.15) is 0 Å². The van der Waals surface area contributed by atoms with Crippen molar-refractivity contribution in [3.8, 4) is 55.6 Å². The van der Waals surface area contributed by atoms with Crippen molar-refractivity contribution in [3.63, 3.8) is 0 Å². The molecule has 15 aromatic carbocycles. The predicted molar refractivity (Wildman–Crippen MR) is 294 cm³/mol. The maximum absolute atomic E-state index is 2.54. The van der Waals surface area contributed by atoms with Crippen molar-refractivity contribution in [3.05, 3.63) is 243 Å². The molecule has 68 heavy (non-hydrogen) atoms. The maximum atomic E-state index is 2.54. The van der Waals surface area contributed by atoms with E-state index in [1.165, 1.54) is 153 Å². The van der Waals surface area contributed by atoms with Crippen LogP contribution in [-0.2, 0) is 0 Å². The van der Waals surface area contributed by atoms with E-state index in [-0.39, 0.29) is 0 Å². The highest BCUT2D eigenvalue weighted by atomic mass is 14.3. The van der Waals surface area contributed by atoms with Gasteiger partial charge in [0.15, 0.2) is 0 Å². The Morgan fingerprint density at radius 2 is 0.574 bits per heavy atom. The van der Waals surface area contributed by atoms with Crippen molar-refractivity contribution in [1.29, 1.82) is 0 Å². The lowest BCUT2D eigenvalue weighted by Crippen LogP contribution is -1.97. The topological polar surface area (TPSA) is 0 Å². The zero-order chi connectivity index (χ0) is 44.5. The quantitative estimate of drug-likeness (QED) is 0.151. The van der Waals surface area contributed by atoms with Crippen LogP contribution in [0.4, 0.5) is 0 Å². The first-order valence-corrected chi connectivity index (χ1v) is 23.7. The summed E-state index contributed by atoms with van der Waals surface area (Å²) in [5.41, 5.74) is 12.3. The molecule has 0 unspecified atom stereocenters. The molecule has 0 N–H and O–H groups in total. The molecule has 0 fully saturated rings. The van der Waals surface area contributed by atoms with Gasteiger partial charge in [-0.2, -0.15) is 0 Å². The molecular weight excluding hydrogens is 817 g/mol. The van der Waals surface area contributed by atoms with Gasteiger partial charge < -0.3 is 0 Å². The number of hydrogen-bond donors (Lipinski definition) is 0. The number of fused-ring (bicyclic) bond motifs is 3. The van der Waals surface area contributed by atoms with Crippen LogP contribution in [0, 0.1) is 0 Å². The highest BCUT2D eigenvalue weighted by molar-refractivity contribution is 6.30. The summed E-state index contributed by atoms with van der Waals surface area (Å²) >= 11 is 0. The molecule has 0 spiro atoms. The minimum atomic E-state index is 1.20. The Labute approximate surface area is 393 Å². The first-order valence-electron chi connectivity index (χ1n) is 23.7. The molecule has 0 aliphatic rings. The van der Waals surface area contributed by atoms with Crippen LogP contribution in [-0.4, -0.2) is 0 Å². The second-order valence-corrected chi connectivity index (χ2v) is 18.7. The van der Waals surface area contributed by atoms with Gasteiger partial charge in [-0.1, -0.05) is 224 Å². The fourth-order valence-corrected chi connectivity index (χ4v) is 12.1. The van der Waals surface area contributed by atoms with Crippen LogP contribution in [0.5, 0.6) is 0 Å². The maximum Gasteiger partial charge on any atom is -0.00199 e. The van der Waals surface area contributed by atoms with Gasteiger partial charge in [0, 0.05) is 0 Å². The SMILES string of the molecule is c1ccc(-c2cc(-c3cc(-c4ccc5ccccc5c4)c(-c4ccc5ccc6cccc7ccc4c5c67)c4ccccc34)c(-c3ccc4ccc5cccc6ccc3c4c56)c3ccccc23)cc1. The molecule has 0 radical (unpaired) electrons. The van der Waals surface area contributed by atoms with Gasteiger partial charge in [-0.3, -0.25) is 0 Å². The lowest BCUT2D eigenvalue weighted by atomic mass is 9.79. The Morgan fingerprint density at radius 3 is 1.16 bits per heavy atom. The number of hydrogen-bond acceptors (Lipinski definition) is 0. The van der Waals surface area contributed by atoms with Gasteiger partial charge in [0.2, 0.25) is 0 Å². The second-order valence-electron chi connectivity index (χ2n) is 18.7. The van der Waals surface area contributed by atoms with Crippen molar-refractivity contribution in [1.82, 2.24) is 0 Å². The van der Waals surface area contributed by atoms with Gasteiger partial charge in [0.05, 0.1) is 0 Å². The third-order valence-corrected chi connectivity index (χ3v) is 15.1. The zero-order valence-corrected chi connectivity index (χ0v) is 37.1. The zero-order valence-electron chi connectivity index (χ0n) is 37.1. The van der Waals surface area contributed by atoms with Crippen molar-refractivity contribution >= 4 is 97.0 Å². The van der Waals surface area contributed by atoms with E-state index in [0.717, 1.165) is 0 Å². The highest BCUT2D eigenvalue weighted by Gasteiger charge is 2.25. The van der Waals surface area contributed by atoms with Crippen LogP contribution in [0.2, 0.25) is 0 Å². The molecule has 0 saturated carbocycles. The summed E-state index contributed by atoms with van der Waals surface area (Å²) in [6.45, 7) is 0. The van der Waals surface area contributed by atoms with Crippen LogP contribution in [0.15, 0.2) is 243 Å². The van der Waals surface area contributed by atoms with E-state index >= 15 is 0 Å². The first-order chi connectivity index (χ1) is 33.7. The monoisotopic (exact) mass is 856 g/mol. The lowest BCUT2D eigenvalue weighted by molar-refractivity contribution is 1.61. The van der Waals surface area contributed by atoms with Crippen molar-refractivity contribution < 1.29 is 0 Å². The summed E-state index contributed by atoms with van der Waals surface area (Å²) in [7, 11) is 0. The summed E-state index contributed by atoms with van der Waals surface area (Å²) < 4.78 is 0. The van der Waals surface area contributed by atoms with E-state index in [1.54, 1.807) is 0 Å². The van der Waals surface area contributed by atoms with Crippen LogP contribution in [0.3, 0.4) is 0 Å². The fraction of sp³-hybridized carbons (Fsp3) is 0. The van der Waals surface area contributed by atoms with Crippen LogP contribution >= 0.6 is 0 Å². The number of rotatable bonds is 5. The Balaban J connectivity index is 1.12. The Kier molecular flexibility index (Phi) is 7.88. The fourth-order valence-electron chi connectivity index (χ4n) is 12.1. The van der Waals surface area contributed by atoms with Gasteiger partial charge in [0.25, 0.3) is 0 Å². The molecule has 15 aromatic rings. The molecule has 0 aliphatic heterocycles. The summed E-state index contributed by atoms with van der Waals surface area (Å²) in [5.74, 6) is 0. The van der Waals surface area contributed by atoms with Crippen molar-refractivity contribution in [2.75, 3.05) is 0 Å². The summed E-state index contributed by atoms with van der Waals surface area (Å²) in [6.07, 6.45) is 0. The highest BCUT2D eigenvalue weighted by Crippen LogP contribution is 2.52. The Hall–Kier alpha value is -8.84. The van der Waals surface area contributed by atoms with E-state index in [9.17, 15) is 0 Å². The Bertz CT molecular complexity index is 4500. The van der Waals surface area contributed by atoms with E-state index in [1.807, 2.05) is 0 Å². The molecule has 15 rings (SSSR count). The molecule has 0 atom stereocenters. The molecule has 0 heteroatoms. The first kappa shape index (κ1) is 37.4. The van der Waals surface area contributed by atoms with Crippen LogP contribution < -0.4 is 0 Å². The third-order valence-electron chi connectivity index (χ3n) is 15.1. The van der Waals surface area contributed by atoms with Gasteiger partial charge in [-0.15, -0.1) is 0 Å². The third kappa shape index (κ3) is 5.37. The summed E-state index contributed by atoms with van der Waals surface area (Å²) in [5, 5.41) is 22.9. The van der Waals surface area contributed by atoms with Crippen molar-refractivity contribution in [2.24, 2.45) is 0 Å². The molecule has 0 heterocycles. The molecule has 312 valence electrons. The van der Waals surface area contributed by atoms with Gasteiger partial charge in [-0.05, 0) is 171 Å². The molecule has 0 aliphatic carbocycles. The van der Waals surface area contributed by atoms with Crippen LogP contribution in [0.25, 0.3) is 153 Å². The standard InChI is InChI=1S/C68H40/c1-2-13-42(14-3-1)59-39-62(68(53-22-8-6-20-51(53)59)58-37-33-48-28-26-44-17-11-19-46-31-35-56(58)66(48)64(44)46)61-40-60(50-29-24-41-12-4-5-15-49(41)38-50)67(54-23-9-7-21-52(54)61)57-36-32-47-27-25-43-16-10-18-45-30-34-55(57)65(47)63(43)45/h1-40H. The second kappa shape index (κ2) is 14.3. The molecule has 0 aromatic heterocycles. The lowest BCUT2D eigenvalue weighted by Gasteiger charge is -2.24. The van der Waals surface area contributed by atoms with E-state index in [2.05, 4.69) is 243 Å². The van der Waals surface area contributed by atoms with E-state index < -0.39 is 0 Å². The molecule has 0 saturated heterocycles. The summed E-state index contributed by atoms with van der Waals surface area (Å²) in [6, 6.07) is 91.5. The average Bonchev–Trinajstić information content (AvgIpc) is 3.41. The largest absolute Gasteiger partial charge is 0.0622 e.